The van der Waals surface area contributed by atoms with E-state index in [-0.39, 0.29) is 11.9 Å². The zero-order valence-corrected chi connectivity index (χ0v) is 11.3. The van der Waals surface area contributed by atoms with Gasteiger partial charge in [-0.25, -0.2) is 13.1 Å². The van der Waals surface area contributed by atoms with Crippen LogP contribution in [-0.2, 0) is 10.0 Å². The van der Waals surface area contributed by atoms with E-state index >= 15 is 0 Å². The Morgan fingerprint density at radius 1 is 1.64 bits per heavy atom. The van der Waals surface area contributed by atoms with Crippen LogP contribution in [0.4, 0.5) is 0 Å². The van der Waals surface area contributed by atoms with E-state index in [0.29, 0.717) is 4.21 Å². The fourth-order valence-electron chi connectivity index (χ4n) is 0.738. The Balaban J connectivity index is 2.76. The van der Waals surface area contributed by atoms with Gasteiger partial charge in [0.1, 0.15) is 4.21 Å². The van der Waals surface area contributed by atoms with Crippen LogP contribution in [0.5, 0.6) is 0 Å². The number of alkyl halides is 1. The van der Waals surface area contributed by atoms with Crippen molar-refractivity contribution in [3.05, 3.63) is 15.9 Å². The zero-order valence-electron chi connectivity index (χ0n) is 7.33. The van der Waals surface area contributed by atoms with Gasteiger partial charge in [0.25, 0.3) is 0 Å². The predicted octanol–water partition coefficient (Wildman–Crippen LogP) is 2.42. The molecule has 0 spiro atoms. The van der Waals surface area contributed by atoms with Crippen molar-refractivity contribution >= 4 is 48.9 Å². The maximum Gasteiger partial charge on any atom is 0.250 e. The third-order valence-corrected chi connectivity index (χ3v) is 5.06. The van der Waals surface area contributed by atoms with Crippen molar-refractivity contribution in [1.82, 2.24) is 4.72 Å². The van der Waals surface area contributed by atoms with Crippen LogP contribution in [0.3, 0.4) is 0 Å². The monoisotopic (exact) mass is 317 g/mol. The van der Waals surface area contributed by atoms with Gasteiger partial charge in [0.15, 0.2) is 0 Å². The summed E-state index contributed by atoms with van der Waals surface area (Å²) in [6, 6.07) is 3.25. The summed E-state index contributed by atoms with van der Waals surface area (Å²) < 4.78 is 26.6. The van der Waals surface area contributed by atoms with Gasteiger partial charge in [-0.2, -0.15) is 0 Å². The van der Waals surface area contributed by atoms with Crippen LogP contribution in [0.2, 0.25) is 0 Å². The molecule has 80 valence electrons. The fourth-order valence-corrected chi connectivity index (χ4v) is 4.09. The molecule has 0 aliphatic rings. The number of hydrogen-bond acceptors (Lipinski definition) is 3. The van der Waals surface area contributed by atoms with Crippen LogP contribution in [0.15, 0.2) is 20.1 Å². The summed E-state index contributed by atoms with van der Waals surface area (Å²) in [6.07, 6.45) is 0. The lowest BCUT2D eigenvalue weighted by atomic mass is 10.5. The molecule has 1 heterocycles. The smallest absolute Gasteiger partial charge is 0.209 e. The number of sulfonamides is 1. The second-order valence-electron chi connectivity index (χ2n) is 2.69. The highest BCUT2D eigenvalue weighted by Gasteiger charge is 2.16. The third-order valence-electron chi connectivity index (χ3n) is 1.37. The molecule has 1 rings (SSSR count). The van der Waals surface area contributed by atoms with Gasteiger partial charge < -0.3 is 0 Å². The van der Waals surface area contributed by atoms with Crippen molar-refractivity contribution < 1.29 is 8.42 Å². The van der Waals surface area contributed by atoms with Gasteiger partial charge in [0.2, 0.25) is 10.0 Å². The summed E-state index contributed by atoms with van der Waals surface area (Å²) in [7, 11) is -3.38. The molecule has 3 nitrogen and oxygen atoms in total. The molecule has 1 N–H and O–H groups in total. The van der Waals surface area contributed by atoms with E-state index in [1.165, 1.54) is 11.3 Å². The lowest BCUT2D eigenvalue weighted by Gasteiger charge is -2.05. The first-order valence-corrected chi connectivity index (χ1v) is 7.34. The molecule has 0 radical (unpaired) electrons. The van der Waals surface area contributed by atoms with Gasteiger partial charge in [0, 0.05) is 11.9 Å². The van der Waals surface area contributed by atoms with Crippen LogP contribution >= 0.6 is 38.9 Å². The normalized spacial score (nSPS) is 14.2. The lowest BCUT2D eigenvalue weighted by Crippen LogP contribution is -2.28. The number of thiophene rings is 1. The Bertz CT molecular complexity index is 402. The van der Waals surface area contributed by atoms with Crippen molar-refractivity contribution in [3.8, 4) is 0 Å². The molecule has 0 fully saturated rings. The molecule has 1 unspecified atom stereocenters. The number of halogens is 2. The second-order valence-corrected chi connectivity index (χ2v) is 7.89. The number of nitrogens with one attached hydrogen (secondary N) is 1. The first-order chi connectivity index (χ1) is 6.42. The van der Waals surface area contributed by atoms with E-state index in [1.807, 2.05) is 0 Å². The molecule has 1 atom stereocenters. The third kappa shape index (κ3) is 3.51. The van der Waals surface area contributed by atoms with Crippen LogP contribution in [0.25, 0.3) is 0 Å². The van der Waals surface area contributed by atoms with Gasteiger partial charge in [-0.3, -0.25) is 0 Å². The van der Waals surface area contributed by atoms with Gasteiger partial charge in [-0.1, -0.05) is 0 Å². The van der Waals surface area contributed by atoms with E-state index in [9.17, 15) is 8.42 Å². The van der Waals surface area contributed by atoms with E-state index in [1.54, 1.807) is 19.1 Å². The van der Waals surface area contributed by atoms with Crippen LogP contribution in [0, 0.1) is 0 Å². The van der Waals surface area contributed by atoms with Gasteiger partial charge >= 0.3 is 0 Å². The Hall–Kier alpha value is 0.380. The number of rotatable bonds is 4. The van der Waals surface area contributed by atoms with Crippen LogP contribution in [0.1, 0.15) is 6.92 Å². The number of hydrogen-bond donors (Lipinski definition) is 1. The van der Waals surface area contributed by atoms with Crippen molar-refractivity contribution in [1.29, 1.82) is 0 Å². The molecule has 0 amide bonds. The molecule has 0 bridgehead atoms. The van der Waals surface area contributed by atoms with Gasteiger partial charge in [-0.05, 0) is 35.0 Å². The summed E-state index contributed by atoms with van der Waals surface area (Å²) >= 11 is 10.0. The summed E-state index contributed by atoms with van der Waals surface area (Å²) in [4.78, 5) is 0. The Morgan fingerprint density at radius 3 is 2.71 bits per heavy atom. The highest BCUT2D eigenvalue weighted by Crippen LogP contribution is 2.25. The topological polar surface area (TPSA) is 46.2 Å². The predicted molar refractivity (Wildman–Crippen MR) is 62.5 cm³/mol. The van der Waals surface area contributed by atoms with Crippen molar-refractivity contribution in [3.63, 3.8) is 0 Å². The molecule has 0 saturated carbocycles. The van der Waals surface area contributed by atoms with E-state index in [4.69, 9.17) is 11.6 Å². The van der Waals surface area contributed by atoms with E-state index < -0.39 is 10.0 Å². The minimum absolute atomic E-state index is 0.215. The average Bonchev–Trinajstić information content (AvgIpc) is 2.49. The quantitative estimate of drug-likeness (QED) is 0.867. The molecule has 14 heavy (non-hydrogen) atoms. The maximum atomic E-state index is 11.6. The van der Waals surface area contributed by atoms with Crippen molar-refractivity contribution in [2.45, 2.75) is 16.5 Å². The van der Waals surface area contributed by atoms with E-state index in [0.717, 1.165) is 3.79 Å². The molecule has 0 aliphatic heterocycles. The summed E-state index contributed by atoms with van der Waals surface area (Å²) in [6.45, 7) is 1.97. The highest BCUT2D eigenvalue weighted by atomic mass is 79.9. The Morgan fingerprint density at radius 2 is 2.29 bits per heavy atom. The standard InChI is InChI=1S/C7H9BrClNO2S2/c1-5(9)4-10-14(11,12)7-3-2-6(8)13-7/h2-3,5,10H,4H2,1H3. The summed E-state index contributed by atoms with van der Waals surface area (Å²) in [5.41, 5.74) is 0. The Kier molecular flexibility index (Phi) is 4.39. The van der Waals surface area contributed by atoms with Crippen molar-refractivity contribution in [2.75, 3.05) is 6.54 Å². The fraction of sp³-hybridized carbons (Fsp3) is 0.429. The SMILES string of the molecule is CC(Cl)CNS(=O)(=O)c1ccc(Br)s1. The van der Waals surface area contributed by atoms with Crippen molar-refractivity contribution in [2.24, 2.45) is 0 Å². The maximum absolute atomic E-state index is 11.6. The largest absolute Gasteiger partial charge is 0.250 e. The van der Waals surface area contributed by atoms with Gasteiger partial charge in [0.05, 0.1) is 3.79 Å². The second kappa shape index (κ2) is 4.94. The minimum Gasteiger partial charge on any atom is -0.209 e. The molecule has 0 saturated heterocycles. The van der Waals surface area contributed by atoms with Gasteiger partial charge in [-0.15, -0.1) is 22.9 Å². The van der Waals surface area contributed by atoms with Crippen LogP contribution < -0.4 is 4.72 Å². The minimum atomic E-state index is -3.38. The Labute approximate surface area is 101 Å². The molecule has 0 aromatic carbocycles. The first-order valence-electron chi connectivity index (χ1n) is 3.81. The molecular weight excluding hydrogens is 310 g/mol. The first kappa shape index (κ1) is 12.4. The lowest BCUT2D eigenvalue weighted by molar-refractivity contribution is 0.583. The summed E-state index contributed by atoms with van der Waals surface area (Å²) in [5.74, 6) is 0. The zero-order chi connectivity index (χ0) is 10.8. The molecule has 1 aromatic heterocycles. The molecule has 0 aliphatic carbocycles. The molecular formula is C7H9BrClNO2S2. The van der Waals surface area contributed by atoms with Crippen LogP contribution in [-0.4, -0.2) is 20.3 Å². The summed E-state index contributed by atoms with van der Waals surface area (Å²) in [5, 5.41) is -0.215. The molecule has 1 aromatic rings. The molecule has 7 heteroatoms. The highest BCUT2D eigenvalue weighted by molar-refractivity contribution is 9.11. The average molecular weight is 319 g/mol. The van der Waals surface area contributed by atoms with E-state index in [2.05, 4.69) is 20.7 Å².